The van der Waals surface area contributed by atoms with Crippen molar-refractivity contribution in [2.24, 2.45) is 4.99 Å². The van der Waals surface area contributed by atoms with Crippen LogP contribution in [0.3, 0.4) is 0 Å². The van der Waals surface area contributed by atoms with Gasteiger partial charge in [-0.1, -0.05) is 6.07 Å². The third-order valence-corrected chi connectivity index (χ3v) is 3.90. The summed E-state index contributed by atoms with van der Waals surface area (Å²) < 4.78 is 21.0. The Labute approximate surface area is 163 Å². The van der Waals surface area contributed by atoms with Crippen LogP contribution in [0.4, 0.5) is 0 Å². The maximum Gasteiger partial charge on any atom is 0.191 e. The molecular formula is C20H35N3O4. The number of aliphatic imine (C=N–C) groups is 1. The quantitative estimate of drug-likeness (QED) is 0.293. The van der Waals surface area contributed by atoms with Gasteiger partial charge in [-0.25, -0.2) is 0 Å². The molecule has 0 amide bonds. The number of benzene rings is 1. The minimum Gasteiger partial charge on any atom is -0.493 e. The molecule has 0 aliphatic carbocycles. The van der Waals surface area contributed by atoms with Crippen molar-refractivity contribution in [1.82, 2.24) is 10.6 Å². The molecule has 0 unspecified atom stereocenters. The van der Waals surface area contributed by atoms with Gasteiger partial charge in [0.05, 0.1) is 27.4 Å². The molecule has 0 fully saturated rings. The zero-order chi connectivity index (χ0) is 19.7. The first kappa shape index (κ1) is 23.0. The van der Waals surface area contributed by atoms with Crippen molar-refractivity contribution in [3.63, 3.8) is 0 Å². The van der Waals surface area contributed by atoms with Crippen molar-refractivity contribution < 1.29 is 18.9 Å². The van der Waals surface area contributed by atoms with Gasteiger partial charge in [-0.3, -0.25) is 4.99 Å². The predicted molar refractivity (Wildman–Crippen MR) is 109 cm³/mol. The number of unbranched alkanes of at least 4 members (excludes halogenated alkanes) is 1. The van der Waals surface area contributed by atoms with Crippen molar-refractivity contribution in [1.29, 1.82) is 0 Å². The largest absolute Gasteiger partial charge is 0.493 e. The number of ether oxygens (including phenoxy) is 4. The number of hydrogen-bond acceptors (Lipinski definition) is 5. The van der Waals surface area contributed by atoms with Crippen molar-refractivity contribution in [3.8, 4) is 11.5 Å². The molecule has 0 spiro atoms. The van der Waals surface area contributed by atoms with E-state index < -0.39 is 0 Å². The second-order valence-electron chi connectivity index (χ2n) is 5.94. The van der Waals surface area contributed by atoms with E-state index in [2.05, 4.69) is 28.6 Å². The highest BCUT2D eigenvalue weighted by atomic mass is 16.5. The lowest BCUT2D eigenvalue weighted by Gasteiger charge is -2.12. The van der Waals surface area contributed by atoms with E-state index in [1.54, 1.807) is 21.3 Å². The molecule has 154 valence electrons. The lowest BCUT2D eigenvalue weighted by molar-refractivity contribution is 0.0690. The molecule has 0 saturated carbocycles. The summed E-state index contributed by atoms with van der Waals surface area (Å²) in [6.07, 6.45) is 2.87. The van der Waals surface area contributed by atoms with Crippen LogP contribution in [0, 0.1) is 0 Å². The molecule has 27 heavy (non-hydrogen) atoms. The Bertz CT molecular complexity index is 538. The number of nitrogens with one attached hydrogen (secondary N) is 2. The van der Waals surface area contributed by atoms with E-state index >= 15 is 0 Å². The number of nitrogens with zero attached hydrogens (tertiary/aromatic N) is 1. The van der Waals surface area contributed by atoms with Crippen molar-refractivity contribution in [3.05, 3.63) is 23.8 Å². The van der Waals surface area contributed by atoms with E-state index in [1.807, 2.05) is 12.1 Å². The summed E-state index contributed by atoms with van der Waals surface area (Å²) >= 11 is 0. The fraction of sp³-hybridized carbons (Fsp3) is 0.650. The molecule has 1 aromatic carbocycles. The summed E-state index contributed by atoms with van der Waals surface area (Å²) in [5.74, 6) is 2.34. The molecule has 0 atom stereocenters. The Balaban J connectivity index is 2.33. The molecule has 1 rings (SSSR count). The minimum absolute atomic E-state index is 0.646. The predicted octanol–water partition coefficient (Wildman–Crippen LogP) is 2.24. The highest BCUT2D eigenvalue weighted by Crippen LogP contribution is 2.27. The van der Waals surface area contributed by atoms with E-state index in [4.69, 9.17) is 18.9 Å². The van der Waals surface area contributed by atoms with Crippen LogP contribution in [0.5, 0.6) is 11.5 Å². The Hall–Kier alpha value is -1.99. The maximum absolute atomic E-state index is 5.45. The summed E-state index contributed by atoms with van der Waals surface area (Å²) in [5, 5.41) is 6.65. The van der Waals surface area contributed by atoms with Gasteiger partial charge in [0.2, 0.25) is 0 Å². The molecule has 0 bridgehead atoms. The van der Waals surface area contributed by atoms with Crippen LogP contribution in [0.2, 0.25) is 0 Å². The molecule has 0 aliphatic rings. The SMILES string of the molecule is CCNC(=NCCCCOCCOC)NCCc1ccc(OC)c(OC)c1. The number of hydrogen-bond donors (Lipinski definition) is 2. The first-order chi connectivity index (χ1) is 13.2. The average molecular weight is 382 g/mol. The number of rotatable bonds is 14. The topological polar surface area (TPSA) is 73.3 Å². The Kier molecular flexibility index (Phi) is 12.9. The van der Waals surface area contributed by atoms with Crippen molar-refractivity contribution in [2.45, 2.75) is 26.2 Å². The van der Waals surface area contributed by atoms with Gasteiger partial charge in [-0.2, -0.15) is 0 Å². The van der Waals surface area contributed by atoms with Gasteiger partial charge in [-0.05, 0) is 43.9 Å². The van der Waals surface area contributed by atoms with Gasteiger partial charge in [0.25, 0.3) is 0 Å². The van der Waals surface area contributed by atoms with Gasteiger partial charge in [0.1, 0.15) is 0 Å². The summed E-state index contributed by atoms with van der Waals surface area (Å²) in [6, 6.07) is 5.99. The fourth-order valence-corrected chi connectivity index (χ4v) is 2.45. The lowest BCUT2D eigenvalue weighted by atomic mass is 10.1. The zero-order valence-corrected chi connectivity index (χ0v) is 17.2. The lowest BCUT2D eigenvalue weighted by Crippen LogP contribution is -2.38. The second kappa shape index (κ2) is 15.1. The average Bonchev–Trinajstić information content (AvgIpc) is 2.69. The Morgan fingerprint density at radius 2 is 1.78 bits per heavy atom. The van der Waals surface area contributed by atoms with Crippen LogP contribution >= 0.6 is 0 Å². The van der Waals surface area contributed by atoms with Gasteiger partial charge in [0.15, 0.2) is 17.5 Å². The first-order valence-electron chi connectivity index (χ1n) is 9.54. The first-order valence-corrected chi connectivity index (χ1v) is 9.54. The highest BCUT2D eigenvalue weighted by molar-refractivity contribution is 5.79. The van der Waals surface area contributed by atoms with Crippen molar-refractivity contribution >= 4 is 5.96 Å². The maximum atomic E-state index is 5.45. The van der Waals surface area contributed by atoms with Gasteiger partial charge in [-0.15, -0.1) is 0 Å². The molecule has 0 aliphatic heterocycles. The minimum atomic E-state index is 0.646. The van der Waals surface area contributed by atoms with Gasteiger partial charge >= 0.3 is 0 Å². The third-order valence-electron chi connectivity index (χ3n) is 3.90. The third kappa shape index (κ3) is 10.1. The molecule has 1 aromatic rings. The molecule has 7 nitrogen and oxygen atoms in total. The van der Waals surface area contributed by atoms with Gasteiger partial charge < -0.3 is 29.6 Å². The number of methoxy groups -OCH3 is 3. The molecule has 0 heterocycles. The molecule has 0 aromatic heterocycles. The van der Waals surface area contributed by atoms with E-state index in [1.165, 1.54) is 5.56 Å². The van der Waals surface area contributed by atoms with Gasteiger partial charge in [0, 0.05) is 33.4 Å². The zero-order valence-electron chi connectivity index (χ0n) is 17.2. The fourth-order valence-electron chi connectivity index (χ4n) is 2.45. The van der Waals surface area contributed by atoms with Crippen LogP contribution < -0.4 is 20.1 Å². The van der Waals surface area contributed by atoms with Crippen LogP contribution in [0.25, 0.3) is 0 Å². The molecule has 2 N–H and O–H groups in total. The van der Waals surface area contributed by atoms with E-state index in [9.17, 15) is 0 Å². The monoisotopic (exact) mass is 381 g/mol. The Morgan fingerprint density at radius 1 is 0.963 bits per heavy atom. The molecule has 7 heteroatoms. The summed E-state index contributed by atoms with van der Waals surface area (Å²) in [5.41, 5.74) is 1.18. The number of guanidine groups is 1. The summed E-state index contributed by atoms with van der Waals surface area (Å²) in [7, 11) is 4.97. The highest BCUT2D eigenvalue weighted by Gasteiger charge is 2.05. The van der Waals surface area contributed by atoms with Crippen molar-refractivity contribution in [2.75, 3.05) is 60.8 Å². The molecule has 0 saturated heterocycles. The van der Waals surface area contributed by atoms with Crippen LogP contribution in [-0.4, -0.2) is 66.7 Å². The Morgan fingerprint density at radius 3 is 2.48 bits per heavy atom. The summed E-state index contributed by atoms with van der Waals surface area (Å²) in [4.78, 5) is 4.61. The van der Waals surface area contributed by atoms with Crippen LogP contribution in [0.1, 0.15) is 25.3 Å². The van der Waals surface area contributed by atoms with Crippen LogP contribution in [0.15, 0.2) is 23.2 Å². The van der Waals surface area contributed by atoms with E-state index in [0.717, 1.165) is 63.0 Å². The molecular weight excluding hydrogens is 346 g/mol. The second-order valence-corrected chi connectivity index (χ2v) is 5.94. The molecule has 0 radical (unpaired) electrons. The normalized spacial score (nSPS) is 11.3. The smallest absolute Gasteiger partial charge is 0.191 e. The van der Waals surface area contributed by atoms with Crippen LogP contribution in [-0.2, 0) is 15.9 Å². The summed E-state index contributed by atoms with van der Waals surface area (Å²) in [6.45, 7) is 6.52. The van der Waals surface area contributed by atoms with E-state index in [-0.39, 0.29) is 0 Å². The van der Waals surface area contributed by atoms with E-state index in [0.29, 0.717) is 13.2 Å². The standard InChI is InChI=1S/C20H35N3O4/c1-5-21-20(22-11-6-7-13-27-15-14-24-2)23-12-10-17-8-9-18(25-3)19(16-17)26-4/h8-9,16H,5-7,10-15H2,1-4H3,(H2,21,22,23).